The van der Waals surface area contributed by atoms with Crippen LogP contribution < -0.4 is 9.47 Å². The van der Waals surface area contributed by atoms with E-state index in [4.69, 9.17) is 14.3 Å². The van der Waals surface area contributed by atoms with Crippen LogP contribution in [-0.2, 0) is 4.84 Å². The molecule has 0 unspecified atom stereocenters. The van der Waals surface area contributed by atoms with Crippen molar-refractivity contribution in [1.82, 2.24) is 0 Å². The van der Waals surface area contributed by atoms with Crippen LogP contribution in [0.25, 0.3) is 0 Å². The molecule has 3 aliphatic rings. The molecule has 0 N–H and O–H groups in total. The standard InChI is InChI=1S/C19H25NO3/c1-21-17-8-7-14(13-18(17)22-15-5-2-3-6-15)16-9-12-19(23-20-16)10-4-11-19/h7-8,13,15H,2-6,9-12H2,1H3. The van der Waals surface area contributed by atoms with Crippen molar-refractivity contribution >= 4 is 5.71 Å². The fraction of sp³-hybridized carbons (Fsp3) is 0.632. The molecule has 124 valence electrons. The number of hydrogen-bond acceptors (Lipinski definition) is 4. The highest BCUT2D eigenvalue weighted by atomic mass is 16.7. The van der Waals surface area contributed by atoms with Gasteiger partial charge < -0.3 is 14.3 Å². The molecule has 2 saturated carbocycles. The van der Waals surface area contributed by atoms with Gasteiger partial charge >= 0.3 is 0 Å². The molecule has 2 fully saturated rings. The maximum Gasteiger partial charge on any atom is 0.162 e. The number of methoxy groups -OCH3 is 1. The van der Waals surface area contributed by atoms with Crippen molar-refractivity contribution in [2.75, 3.05) is 7.11 Å². The van der Waals surface area contributed by atoms with Gasteiger partial charge in [0.2, 0.25) is 0 Å². The van der Waals surface area contributed by atoms with Crippen molar-refractivity contribution < 1.29 is 14.3 Å². The Bertz CT molecular complexity index is 601. The van der Waals surface area contributed by atoms with Gasteiger partial charge in [0.15, 0.2) is 11.5 Å². The van der Waals surface area contributed by atoms with Crippen molar-refractivity contribution in [3.63, 3.8) is 0 Å². The number of benzene rings is 1. The zero-order valence-corrected chi connectivity index (χ0v) is 13.8. The molecule has 0 radical (unpaired) electrons. The van der Waals surface area contributed by atoms with Crippen LogP contribution in [0.4, 0.5) is 0 Å². The third kappa shape index (κ3) is 2.91. The molecule has 1 aliphatic heterocycles. The van der Waals surface area contributed by atoms with Gasteiger partial charge in [-0.1, -0.05) is 5.16 Å². The maximum atomic E-state index is 6.18. The molecule has 1 heterocycles. The number of hydrogen-bond donors (Lipinski definition) is 0. The second kappa shape index (κ2) is 6.06. The van der Waals surface area contributed by atoms with Crippen LogP contribution >= 0.6 is 0 Å². The minimum atomic E-state index is 0.0547. The molecular formula is C19H25NO3. The Kier molecular flexibility index (Phi) is 3.92. The summed E-state index contributed by atoms with van der Waals surface area (Å²) in [4.78, 5) is 5.81. The van der Waals surface area contributed by atoms with E-state index in [1.54, 1.807) is 7.11 Å². The van der Waals surface area contributed by atoms with E-state index in [1.807, 2.05) is 6.07 Å². The van der Waals surface area contributed by atoms with Crippen LogP contribution in [0.15, 0.2) is 23.4 Å². The monoisotopic (exact) mass is 315 g/mol. The molecule has 23 heavy (non-hydrogen) atoms. The first kappa shape index (κ1) is 14.9. The largest absolute Gasteiger partial charge is 0.493 e. The highest BCUT2D eigenvalue weighted by Crippen LogP contribution is 2.42. The lowest BCUT2D eigenvalue weighted by Crippen LogP contribution is -2.41. The van der Waals surface area contributed by atoms with Crippen LogP contribution in [0, 0.1) is 0 Å². The van der Waals surface area contributed by atoms with Gasteiger partial charge in [-0.25, -0.2) is 0 Å². The minimum Gasteiger partial charge on any atom is -0.493 e. The number of rotatable bonds is 4. The predicted molar refractivity (Wildman–Crippen MR) is 89.3 cm³/mol. The molecular weight excluding hydrogens is 290 g/mol. The van der Waals surface area contributed by atoms with Crippen LogP contribution in [0.5, 0.6) is 11.5 Å². The predicted octanol–water partition coefficient (Wildman–Crippen LogP) is 4.45. The summed E-state index contributed by atoms with van der Waals surface area (Å²) >= 11 is 0. The SMILES string of the molecule is COc1ccc(C2=NOC3(CCC3)CC2)cc1OC1CCCC1. The van der Waals surface area contributed by atoms with Crippen LogP contribution in [0.1, 0.15) is 63.4 Å². The van der Waals surface area contributed by atoms with Gasteiger partial charge in [0.25, 0.3) is 0 Å². The summed E-state index contributed by atoms with van der Waals surface area (Å²) in [6, 6.07) is 6.11. The van der Waals surface area contributed by atoms with Crippen molar-refractivity contribution in [2.24, 2.45) is 5.16 Å². The summed E-state index contributed by atoms with van der Waals surface area (Å²) in [7, 11) is 1.69. The quantitative estimate of drug-likeness (QED) is 0.824. The maximum absolute atomic E-state index is 6.18. The first-order valence-electron chi connectivity index (χ1n) is 8.88. The molecule has 1 aromatic carbocycles. The Morgan fingerprint density at radius 3 is 2.52 bits per heavy atom. The minimum absolute atomic E-state index is 0.0547. The third-order valence-corrected chi connectivity index (χ3v) is 5.52. The Morgan fingerprint density at radius 1 is 1.09 bits per heavy atom. The van der Waals surface area contributed by atoms with Crippen molar-refractivity contribution in [3.05, 3.63) is 23.8 Å². The van der Waals surface area contributed by atoms with Gasteiger partial charge in [-0.15, -0.1) is 0 Å². The summed E-state index contributed by atoms with van der Waals surface area (Å²) in [5.41, 5.74) is 2.17. The summed E-state index contributed by atoms with van der Waals surface area (Å²) in [6.45, 7) is 0. The van der Waals surface area contributed by atoms with Gasteiger partial charge in [0.1, 0.15) is 5.60 Å². The zero-order chi connectivity index (χ0) is 15.7. The molecule has 4 nitrogen and oxygen atoms in total. The van der Waals surface area contributed by atoms with E-state index in [-0.39, 0.29) is 5.60 Å². The number of ether oxygens (including phenoxy) is 2. The average molecular weight is 315 g/mol. The Hall–Kier alpha value is -1.71. The van der Waals surface area contributed by atoms with E-state index in [1.165, 1.54) is 19.3 Å². The van der Waals surface area contributed by atoms with Crippen LogP contribution in [0.3, 0.4) is 0 Å². The Morgan fingerprint density at radius 2 is 1.91 bits per heavy atom. The summed E-state index contributed by atoms with van der Waals surface area (Å²) in [5.74, 6) is 1.64. The highest BCUT2D eigenvalue weighted by Gasteiger charge is 2.42. The second-order valence-electron chi connectivity index (χ2n) is 7.06. The molecule has 1 spiro atoms. The second-order valence-corrected chi connectivity index (χ2v) is 7.06. The van der Waals surface area contributed by atoms with E-state index >= 15 is 0 Å². The van der Waals surface area contributed by atoms with E-state index in [0.717, 1.165) is 61.3 Å². The van der Waals surface area contributed by atoms with Gasteiger partial charge in [0, 0.05) is 5.56 Å². The van der Waals surface area contributed by atoms with E-state index in [2.05, 4.69) is 17.3 Å². The lowest BCUT2D eigenvalue weighted by atomic mass is 9.76. The van der Waals surface area contributed by atoms with E-state index in [0.29, 0.717) is 6.10 Å². The fourth-order valence-corrected chi connectivity index (χ4v) is 3.83. The smallest absolute Gasteiger partial charge is 0.162 e. The highest BCUT2D eigenvalue weighted by molar-refractivity contribution is 6.01. The lowest BCUT2D eigenvalue weighted by molar-refractivity contribution is -0.110. The van der Waals surface area contributed by atoms with Gasteiger partial charge in [-0.05, 0) is 76.0 Å². The normalized spacial score (nSPS) is 23.1. The van der Waals surface area contributed by atoms with Gasteiger partial charge in [0.05, 0.1) is 18.9 Å². The van der Waals surface area contributed by atoms with Crippen molar-refractivity contribution in [3.8, 4) is 11.5 Å². The first-order valence-corrected chi connectivity index (χ1v) is 8.88. The number of nitrogens with zero attached hydrogens (tertiary/aromatic N) is 1. The average Bonchev–Trinajstić information content (AvgIpc) is 3.06. The molecule has 0 atom stereocenters. The van der Waals surface area contributed by atoms with Crippen molar-refractivity contribution in [1.29, 1.82) is 0 Å². The zero-order valence-electron chi connectivity index (χ0n) is 13.8. The Labute approximate surface area is 137 Å². The topological polar surface area (TPSA) is 40.0 Å². The molecule has 1 aromatic rings. The summed E-state index contributed by atoms with van der Waals surface area (Å²) in [5, 5.41) is 4.42. The summed E-state index contributed by atoms with van der Waals surface area (Å²) < 4.78 is 11.6. The van der Waals surface area contributed by atoms with Crippen LogP contribution in [-0.4, -0.2) is 24.5 Å². The molecule has 2 aliphatic carbocycles. The molecule has 0 amide bonds. The molecule has 4 rings (SSSR count). The fourth-order valence-electron chi connectivity index (χ4n) is 3.83. The Balaban J connectivity index is 1.54. The van der Waals surface area contributed by atoms with E-state index in [9.17, 15) is 0 Å². The first-order chi connectivity index (χ1) is 11.3. The molecule has 0 aromatic heterocycles. The van der Waals surface area contributed by atoms with E-state index < -0.39 is 0 Å². The van der Waals surface area contributed by atoms with Gasteiger partial charge in [-0.3, -0.25) is 0 Å². The van der Waals surface area contributed by atoms with Crippen molar-refractivity contribution in [2.45, 2.75) is 69.5 Å². The molecule has 0 bridgehead atoms. The van der Waals surface area contributed by atoms with Gasteiger partial charge in [-0.2, -0.15) is 0 Å². The lowest BCUT2D eigenvalue weighted by Gasteiger charge is -2.41. The number of oxime groups is 1. The summed E-state index contributed by atoms with van der Waals surface area (Å²) in [6.07, 6.45) is 10.8. The molecule has 0 saturated heterocycles. The van der Waals surface area contributed by atoms with Crippen LogP contribution in [0.2, 0.25) is 0 Å². The third-order valence-electron chi connectivity index (χ3n) is 5.52. The molecule has 4 heteroatoms.